The number of fused-ring (bicyclic) bond motifs is 1. The second kappa shape index (κ2) is 8.97. The molecule has 7 heteroatoms. The van der Waals surface area contributed by atoms with E-state index in [2.05, 4.69) is 11.4 Å². The van der Waals surface area contributed by atoms with Gasteiger partial charge in [0.05, 0.1) is 23.4 Å². The molecule has 0 radical (unpaired) electrons. The van der Waals surface area contributed by atoms with Gasteiger partial charge in [0.15, 0.2) is 0 Å². The number of nitrogens with one attached hydrogen (secondary N) is 1. The molecule has 1 N–H and O–H groups in total. The average molecular weight is 429 g/mol. The molecule has 0 atom stereocenters. The van der Waals surface area contributed by atoms with Gasteiger partial charge in [0, 0.05) is 10.3 Å². The Labute approximate surface area is 178 Å². The lowest BCUT2D eigenvalue weighted by Gasteiger charge is -2.09. The molecule has 0 aliphatic carbocycles. The number of thiophene rings is 1. The molecular formula is C22H24N2O3S2. The Kier molecular flexibility index (Phi) is 6.59. The number of rotatable bonds is 6. The van der Waals surface area contributed by atoms with Crippen LogP contribution in [0.3, 0.4) is 0 Å². The zero-order chi connectivity index (χ0) is 21.1. The summed E-state index contributed by atoms with van der Waals surface area (Å²) in [5.41, 5.74) is 4.39. The fourth-order valence-corrected chi connectivity index (χ4v) is 4.89. The molecule has 5 nitrogen and oxygen atoms in total. The summed E-state index contributed by atoms with van der Waals surface area (Å²) in [5.74, 6) is -0.364. The van der Waals surface area contributed by atoms with E-state index in [-0.39, 0.29) is 11.7 Å². The second-order valence-electron chi connectivity index (χ2n) is 6.80. The van der Waals surface area contributed by atoms with Gasteiger partial charge < -0.3 is 10.1 Å². The number of hydrogen-bond acceptors (Lipinski definition) is 6. The van der Waals surface area contributed by atoms with E-state index in [0.29, 0.717) is 17.2 Å². The largest absolute Gasteiger partial charge is 0.462 e. The van der Waals surface area contributed by atoms with Crippen LogP contribution in [-0.2, 0) is 9.53 Å². The monoisotopic (exact) mass is 428 g/mol. The van der Waals surface area contributed by atoms with Crippen molar-refractivity contribution in [2.45, 2.75) is 39.6 Å². The van der Waals surface area contributed by atoms with Crippen LogP contribution in [0.15, 0.2) is 29.3 Å². The molecule has 29 heavy (non-hydrogen) atoms. The minimum atomic E-state index is -0.403. The summed E-state index contributed by atoms with van der Waals surface area (Å²) in [7, 11) is 0. The van der Waals surface area contributed by atoms with Crippen LogP contribution in [0.1, 0.15) is 38.8 Å². The van der Waals surface area contributed by atoms with Gasteiger partial charge in [-0.15, -0.1) is 11.3 Å². The third-order valence-corrected chi connectivity index (χ3v) is 6.87. The molecule has 0 aliphatic heterocycles. The van der Waals surface area contributed by atoms with Gasteiger partial charge in [-0.05, 0) is 57.4 Å². The molecule has 3 rings (SSSR count). The summed E-state index contributed by atoms with van der Waals surface area (Å²) < 4.78 is 5.14. The predicted molar refractivity (Wildman–Crippen MR) is 120 cm³/mol. The molecule has 0 unspecified atom stereocenters. The normalized spacial score (nSPS) is 10.9. The summed E-state index contributed by atoms with van der Waals surface area (Å²) >= 11 is 2.79. The van der Waals surface area contributed by atoms with E-state index < -0.39 is 5.97 Å². The van der Waals surface area contributed by atoms with Gasteiger partial charge in [-0.3, -0.25) is 4.79 Å². The number of carbonyl (C=O) groups is 2. The number of carbonyl (C=O) groups excluding carboxylic acids is 2. The highest BCUT2D eigenvalue weighted by Crippen LogP contribution is 2.33. The molecule has 2 heterocycles. The Balaban J connectivity index is 1.75. The van der Waals surface area contributed by atoms with E-state index in [9.17, 15) is 9.59 Å². The van der Waals surface area contributed by atoms with Crippen molar-refractivity contribution in [1.82, 2.24) is 4.98 Å². The smallest absolute Gasteiger partial charge is 0.341 e. The number of amides is 1. The van der Waals surface area contributed by atoms with Gasteiger partial charge in [-0.2, -0.15) is 0 Å². The van der Waals surface area contributed by atoms with Crippen LogP contribution >= 0.6 is 23.1 Å². The second-order valence-corrected chi connectivity index (χ2v) is 8.99. The highest BCUT2D eigenvalue weighted by atomic mass is 32.2. The molecular weight excluding hydrogens is 404 g/mol. The maximum absolute atomic E-state index is 12.6. The Morgan fingerprint density at radius 2 is 1.93 bits per heavy atom. The number of anilines is 1. The van der Waals surface area contributed by atoms with Crippen LogP contribution in [0.25, 0.3) is 10.9 Å². The van der Waals surface area contributed by atoms with Crippen molar-refractivity contribution in [3.63, 3.8) is 0 Å². The number of benzene rings is 1. The first kappa shape index (κ1) is 21.3. The topological polar surface area (TPSA) is 68.3 Å². The van der Waals surface area contributed by atoms with Crippen LogP contribution < -0.4 is 5.32 Å². The van der Waals surface area contributed by atoms with E-state index in [4.69, 9.17) is 9.72 Å². The first-order valence-corrected chi connectivity index (χ1v) is 11.2. The number of ether oxygens (including phenoxy) is 1. The number of aryl methyl sites for hydroxylation is 3. The lowest BCUT2D eigenvalue weighted by molar-refractivity contribution is -0.113. The van der Waals surface area contributed by atoms with Gasteiger partial charge in [-0.25, -0.2) is 9.78 Å². The van der Waals surface area contributed by atoms with Crippen LogP contribution in [-0.4, -0.2) is 29.2 Å². The highest BCUT2D eigenvalue weighted by Gasteiger charge is 2.22. The highest BCUT2D eigenvalue weighted by molar-refractivity contribution is 8.00. The number of thioether (sulfide) groups is 1. The zero-order valence-electron chi connectivity index (χ0n) is 17.2. The molecule has 3 aromatic rings. The summed E-state index contributed by atoms with van der Waals surface area (Å²) in [4.78, 5) is 30.6. The standard InChI is InChI=1S/C22H24N2O3S2/c1-6-27-22(26)18-14(4)15(5)29-21(18)23-17(25)11-28-20-13(3)10-16-9-7-8-12(2)19(16)24-20/h7-10H,6,11H2,1-5H3,(H,23,25). The maximum atomic E-state index is 12.6. The van der Waals surface area contributed by atoms with E-state index in [0.717, 1.165) is 37.5 Å². The van der Waals surface area contributed by atoms with Crippen molar-refractivity contribution in [1.29, 1.82) is 0 Å². The van der Waals surface area contributed by atoms with Crippen LogP contribution in [0.5, 0.6) is 0 Å². The Morgan fingerprint density at radius 3 is 2.66 bits per heavy atom. The molecule has 0 bridgehead atoms. The number of para-hydroxylation sites is 1. The Morgan fingerprint density at radius 1 is 1.17 bits per heavy atom. The summed E-state index contributed by atoms with van der Waals surface area (Å²) in [6.45, 7) is 9.89. The summed E-state index contributed by atoms with van der Waals surface area (Å²) in [5, 5.41) is 5.36. The van der Waals surface area contributed by atoms with Crippen molar-refractivity contribution >= 4 is 50.9 Å². The summed E-state index contributed by atoms with van der Waals surface area (Å²) in [6, 6.07) is 8.19. The van der Waals surface area contributed by atoms with Gasteiger partial charge in [-0.1, -0.05) is 30.0 Å². The van der Waals surface area contributed by atoms with Crippen molar-refractivity contribution in [3.8, 4) is 0 Å². The molecule has 152 valence electrons. The van der Waals surface area contributed by atoms with E-state index >= 15 is 0 Å². The lowest BCUT2D eigenvalue weighted by Crippen LogP contribution is -2.16. The van der Waals surface area contributed by atoms with Gasteiger partial charge in [0.2, 0.25) is 5.91 Å². The fourth-order valence-electron chi connectivity index (χ4n) is 3.04. The number of pyridine rings is 1. The minimum Gasteiger partial charge on any atom is -0.462 e. The predicted octanol–water partition coefficient (Wildman–Crippen LogP) is 5.44. The third-order valence-electron chi connectivity index (χ3n) is 4.65. The number of nitrogens with zero attached hydrogens (tertiary/aromatic N) is 1. The van der Waals surface area contributed by atoms with Crippen molar-refractivity contribution in [2.75, 3.05) is 17.7 Å². The van der Waals surface area contributed by atoms with E-state index in [1.165, 1.54) is 23.1 Å². The van der Waals surface area contributed by atoms with Crippen molar-refractivity contribution in [3.05, 3.63) is 51.4 Å². The van der Waals surface area contributed by atoms with Crippen molar-refractivity contribution in [2.24, 2.45) is 0 Å². The average Bonchev–Trinajstić information content (AvgIpc) is 2.94. The number of esters is 1. The van der Waals surface area contributed by atoms with Gasteiger partial charge >= 0.3 is 5.97 Å². The SMILES string of the molecule is CCOC(=O)c1c(NC(=O)CSc2nc3c(C)cccc3cc2C)sc(C)c1C. The first-order chi connectivity index (χ1) is 13.8. The minimum absolute atomic E-state index is 0.173. The Bertz CT molecular complexity index is 1090. The third kappa shape index (κ3) is 4.62. The maximum Gasteiger partial charge on any atom is 0.341 e. The quantitative estimate of drug-likeness (QED) is 0.418. The van der Waals surface area contributed by atoms with Gasteiger partial charge in [0.25, 0.3) is 0 Å². The molecule has 1 aromatic carbocycles. The van der Waals surface area contributed by atoms with Crippen molar-refractivity contribution < 1.29 is 14.3 Å². The van der Waals surface area contributed by atoms with Crippen LogP contribution in [0.4, 0.5) is 5.00 Å². The molecule has 0 saturated heterocycles. The first-order valence-electron chi connectivity index (χ1n) is 9.38. The molecule has 0 spiro atoms. The lowest BCUT2D eigenvalue weighted by atomic mass is 10.1. The molecule has 0 aliphatic rings. The summed E-state index contributed by atoms with van der Waals surface area (Å²) in [6.07, 6.45) is 0. The number of hydrogen-bond donors (Lipinski definition) is 1. The van der Waals surface area contributed by atoms with Crippen LogP contribution in [0, 0.1) is 27.7 Å². The van der Waals surface area contributed by atoms with Crippen LogP contribution in [0.2, 0.25) is 0 Å². The van der Waals surface area contributed by atoms with Gasteiger partial charge in [0.1, 0.15) is 10.0 Å². The Hall–Kier alpha value is -2.38. The van der Waals surface area contributed by atoms with E-state index in [1.807, 2.05) is 45.9 Å². The fraction of sp³-hybridized carbons (Fsp3) is 0.318. The number of aromatic nitrogens is 1. The van der Waals surface area contributed by atoms with E-state index in [1.54, 1.807) is 6.92 Å². The molecule has 0 saturated carbocycles. The molecule has 0 fully saturated rings. The zero-order valence-corrected chi connectivity index (χ0v) is 18.8. The molecule has 1 amide bonds. The molecule has 2 aromatic heterocycles.